The number of ether oxygens (including phenoxy) is 1. The highest BCUT2D eigenvalue weighted by molar-refractivity contribution is 5.80. The maximum absolute atomic E-state index is 11.7. The Hall–Kier alpha value is -2.75. The third-order valence-electron chi connectivity index (χ3n) is 3.47. The number of fused-ring (bicyclic) bond motifs is 1. The highest BCUT2D eigenvalue weighted by Gasteiger charge is 2.03. The molecule has 0 aliphatic carbocycles. The molecular weight excluding hydrogens is 276 g/mol. The van der Waals surface area contributed by atoms with Crippen LogP contribution in [-0.4, -0.2) is 24.0 Å². The Kier molecular flexibility index (Phi) is 4.39. The van der Waals surface area contributed by atoms with Crippen LogP contribution in [0.15, 0.2) is 60.8 Å². The molecule has 2 N–H and O–H groups in total. The number of hydrogen-bond donors (Lipinski definition) is 2. The van der Waals surface area contributed by atoms with Gasteiger partial charge in [-0.15, -0.1) is 0 Å². The fourth-order valence-corrected chi connectivity index (χ4v) is 2.32. The number of H-pyrrole nitrogens is 1. The summed E-state index contributed by atoms with van der Waals surface area (Å²) in [7, 11) is 0. The summed E-state index contributed by atoms with van der Waals surface area (Å²) in [6.07, 6.45) is 2.73. The predicted molar refractivity (Wildman–Crippen MR) is 86.9 cm³/mol. The van der Waals surface area contributed by atoms with Gasteiger partial charge in [0, 0.05) is 18.3 Å². The fourth-order valence-electron chi connectivity index (χ4n) is 2.32. The quantitative estimate of drug-likeness (QED) is 0.734. The molecule has 3 rings (SSSR count). The van der Waals surface area contributed by atoms with Gasteiger partial charge in [-0.3, -0.25) is 4.79 Å². The van der Waals surface area contributed by atoms with E-state index in [0.717, 1.165) is 11.9 Å². The van der Waals surface area contributed by atoms with Crippen molar-refractivity contribution < 1.29 is 9.53 Å². The van der Waals surface area contributed by atoms with Crippen molar-refractivity contribution in [1.82, 2.24) is 10.3 Å². The third-order valence-corrected chi connectivity index (χ3v) is 3.47. The molecule has 1 aromatic heterocycles. The molecule has 4 heteroatoms. The number of amides is 1. The van der Waals surface area contributed by atoms with Gasteiger partial charge in [-0.2, -0.15) is 0 Å². The molecular formula is C18H18N2O2. The lowest BCUT2D eigenvalue weighted by Gasteiger charge is -2.07. The van der Waals surface area contributed by atoms with Crippen molar-refractivity contribution in [2.75, 3.05) is 13.2 Å². The molecule has 1 amide bonds. The Labute approximate surface area is 129 Å². The molecule has 0 saturated heterocycles. The first-order valence-electron chi connectivity index (χ1n) is 7.32. The zero-order valence-corrected chi connectivity index (χ0v) is 12.2. The minimum Gasteiger partial charge on any atom is -0.484 e. The highest BCUT2D eigenvalue weighted by Crippen LogP contribution is 2.14. The van der Waals surface area contributed by atoms with E-state index in [1.165, 1.54) is 10.9 Å². The van der Waals surface area contributed by atoms with E-state index in [1.54, 1.807) is 0 Å². The van der Waals surface area contributed by atoms with E-state index in [2.05, 4.69) is 28.5 Å². The first-order valence-corrected chi connectivity index (χ1v) is 7.32. The second kappa shape index (κ2) is 6.80. The largest absolute Gasteiger partial charge is 0.484 e. The predicted octanol–water partition coefficient (Wildman–Crippen LogP) is 2.91. The number of carbonyl (C=O) groups excluding carboxylic acids is 1. The zero-order valence-electron chi connectivity index (χ0n) is 12.2. The van der Waals surface area contributed by atoms with Gasteiger partial charge in [-0.1, -0.05) is 24.3 Å². The molecule has 0 aliphatic heterocycles. The van der Waals surface area contributed by atoms with Gasteiger partial charge >= 0.3 is 0 Å². The topological polar surface area (TPSA) is 54.1 Å². The van der Waals surface area contributed by atoms with Crippen LogP contribution in [0.5, 0.6) is 5.75 Å². The molecule has 0 spiro atoms. The number of carbonyl (C=O) groups is 1. The Morgan fingerprint density at radius 2 is 1.95 bits per heavy atom. The number of nitrogens with one attached hydrogen (secondary N) is 2. The SMILES string of the molecule is O=C(COc1ccccc1)NCCc1ccc2[nH]ccc2c1. The smallest absolute Gasteiger partial charge is 0.257 e. The van der Waals surface area contributed by atoms with Crippen LogP contribution in [0.25, 0.3) is 10.9 Å². The van der Waals surface area contributed by atoms with Crippen LogP contribution in [0.2, 0.25) is 0 Å². The van der Waals surface area contributed by atoms with Gasteiger partial charge in [0.2, 0.25) is 0 Å². The van der Waals surface area contributed by atoms with Gasteiger partial charge in [0.05, 0.1) is 0 Å². The number of rotatable bonds is 6. The van der Waals surface area contributed by atoms with Crippen molar-refractivity contribution in [3.8, 4) is 5.75 Å². The lowest BCUT2D eigenvalue weighted by Crippen LogP contribution is -2.30. The summed E-state index contributed by atoms with van der Waals surface area (Å²) in [6.45, 7) is 0.647. The average Bonchev–Trinajstić information content (AvgIpc) is 3.02. The normalized spacial score (nSPS) is 10.5. The van der Waals surface area contributed by atoms with Crippen LogP contribution in [0.1, 0.15) is 5.56 Å². The van der Waals surface area contributed by atoms with Gasteiger partial charge < -0.3 is 15.0 Å². The number of aromatic amines is 1. The lowest BCUT2D eigenvalue weighted by molar-refractivity contribution is -0.123. The van der Waals surface area contributed by atoms with E-state index < -0.39 is 0 Å². The molecule has 0 bridgehead atoms. The number of hydrogen-bond acceptors (Lipinski definition) is 2. The lowest BCUT2D eigenvalue weighted by atomic mass is 10.1. The molecule has 0 saturated carbocycles. The van der Waals surface area contributed by atoms with Gasteiger partial charge in [0.25, 0.3) is 5.91 Å². The summed E-state index contributed by atoms with van der Waals surface area (Å²) < 4.78 is 5.40. The molecule has 3 aromatic rings. The fraction of sp³-hybridized carbons (Fsp3) is 0.167. The summed E-state index contributed by atoms with van der Waals surface area (Å²) in [5, 5.41) is 4.06. The molecule has 22 heavy (non-hydrogen) atoms. The van der Waals surface area contributed by atoms with E-state index in [9.17, 15) is 4.79 Å². The number of aromatic nitrogens is 1. The van der Waals surface area contributed by atoms with E-state index in [4.69, 9.17) is 4.74 Å². The molecule has 4 nitrogen and oxygen atoms in total. The third kappa shape index (κ3) is 3.67. The van der Waals surface area contributed by atoms with Gasteiger partial charge in [-0.25, -0.2) is 0 Å². The van der Waals surface area contributed by atoms with Crippen LogP contribution in [0.3, 0.4) is 0 Å². The molecule has 0 atom stereocenters. The molecule has 0 unspecified atom stereocenters. The second-order valence-electron chi connectivity index (χ2n) is 5.10. The molecule has 0 aliphatic rings. The van der Waals surface area contributed by atoms with Crippen LogP contribution >= 0.6 is 0 Å². The summed E-state index contributed by atoms with van der Waals surface area (Å²) in [5.41, 5.74) is 2.33. The first-order chi connectivity index (χ1) is 10.8. The monoisotopic (exact) mass is 294 g/mol. The summed E-state index contributed by atoms with van der Waals surface area (Å²) >= 11 is 0. The zero-order chi connectivity index (χ0) is 15.2. The Bertz CT molecular complexity index is 750. The maximum atomic E-state index is 11.7. The van der Waals surface area contributed by atoms with Crippen LogP contribution < -0.4 is 10.1 Å². The van der Waals surface area contributed by atoms with Crippen LogP contribution in [0, 0.1) is 0 Å². The summed E-state index contributed by atoms with van der Waals surface area (Å²) in [4.78, 5) is 14.9. The Morgan fingerprint density at radius 3 is 2.82 bits per heavy atom. The average molecular weight is 294 g/mol. The van der Waals surface area contributed by atoms with Gasteiger partial charge in [0.1, 0.15) is 5.75 Å². The van der Waals surface area contributed by atoms with Crippen molar-refractivity contribution in [1.29, 1.82) is 0 Å². The van der Waals surface area contributed by atoms with Gasteiger partial charge in [-0.05, 0) is 47.7 Å². The van der Waals surface area contributed by atoms with Crippen LogP contribution in [0.4, 0.5) is 0 Å². The minimum atomic E-state index is -0.105. The minimum absolute atomic E-state index is 0.0425. The maximum Gasteiger partial charge on any atom is 0.257 e. The standard InChI is InChI=1S/C18H18N2O2/c21-18(13-22-16-4-2-1-3-5-16)20-10-8-14-6-7-17-15(12-14)9-11-19-17/h1-7,9,11-12,19H,8,10,13H2,(H,20,21). The van der Waals surface area contributed by atoms with Gasteiger partial charge in [0.15, 0.2) is 6.61 Å². The van der Waals surface area contributed by atoms with E-state index in [1.807, 2.05) is 42.6 Å². The van der Waals surface area contributed by atoms with Crippen molar-refractivity contribution in [3.63, 3.8) is 0 Å². The molecule has 112 valence electrons. The van der Waals surface area contributed by atoms with Crippen molar-refractivity contribution >= 4 is 16.8 Å². The van der Waals surface area contributed by atoms with Crippen molar-refractivity contribution in [2.45, 2.75) is 6.42 Å². The van der Waals surface area contributed by atoms with Crippen molar-refractivity contribution in [3.05, 3.63) is 66.4 Å². The number of para-hydroxylation sites is 1. The Balaban J connectivity index is 1.43. The first kappa shape index (κ1) is 14.2. The second-order valence-corrected chi connectivity index (χ2v) is 5.10. The molecule has 0 fully saturated rings. The number of benzene rings is 2. The van der Waals surface area contributed by atoms with Crippen molar-refractivity contribution in [2.24, 2.45) is 0 Å². The summed E-state index contributed by atoms with van der Waals surface area (Å²) in [5.74, 6) is 0.599. The van der Waals surface area contributed by atoms with E-state index in [0.29, 0.717) is 12.3 Å². The molecule has 2 aromatic carbocycles. The van der Waals surface area contributed by atoms with E-state index >= 15 is 0 Å². The van der Waals surface area contributed by atoms with Crippen LogP contribution in [-0.2, 0) is 11.2 Å². The molecule has 0 radical (unpaired) electrons. The summed E-state index contributed by atoms with van der Waals surface area (Å²) in [6, 6.07) is 17.7. The Morgan fingerprint density at radius 1 is 1.09 bits per heavy atom. The van der Waals surface area contributed by atoms with E-state index in [-0.39, 0.29) is 12.5 Å². The molecule has 1 heterocycles. The highest BCUT2D eigenvalue weighted by atomic mass is 16.5.